The molecule has 1 aromatic rings. The summed E-state index contributed by atoms with van der Waals surface area (Å²) in [4.78, 5) is 0. The third kappa shape index (κ3) is 4.55. The van der Waals surface area contributed by atoms with Gasteiger partial charge in [0.15, 0.2) is 0 Å². The van der Waals surface area contributed by atoms with Crippen molar-refractivity contribution in [2.24, 2.45) is 11.7 Å². The van der Waals surface area contributed by atoms with E-state index in [0.29, 0.717) is 6.54 Å². The molecular weight excluding hydrogens is 246 g/mol. The van der Waals surface area contributed by atoms with Gasteiger partial charge in [-0.1, -0.05) is 37.1 Å². The van der Waals surface area contributed by atoms with Gasteiger partial charge in [0.25, 0.3) is 6.43 Å². The average molecular weight is 268 g/mol. The van der Waals surface area contributed by atoms with Crippen LogP contribution in [-0.4, -0.2) is 13.1 Å². The molecular formula is C15H22F2N2. The van der Waals surface area contributed by atoms with E-state index >= 15 is 0 Å². The Balaban J connectivity index is 1.81. The molecule has 106 valence electrons. The maximum atomic E-state index is 12.5. The van der Waals surface area contributed by atoms with Crippen LogP contribution in [0.4, 0.5) is 8.78 Å². The smallest absolute Gasteiger partial charge is 0.263 e. The highest BCUT2D eigenvalue weighted by Crippen LogP contribution is 2.33. The quantitative estimate of drug-likeness (QED) is 0.709. The number of nitrogens with two attached hydrogens (primary N) is 1. The van der Waals surface area contributed by atoms with Crippen molar-refractivity contribution in [3.63, 3.8) is 0 Å². The SMILES string of the molecule is NCC(NCCCC1CC1)c1ccc(C(F)F)cc1. The molecule has 0 aromatic heterocycles. The van der Waals surface area contributed by atoms with Gasteiger partial charge in [-0.25, -0.2) is 8.78 Å². The Morgan fingerprint density at radius 2 is 1.79 bits per heavy atom. The second kappa shape index (κ2) is 6.96. The van der Waals surface area contributed by atoms with E-state index in [-0.39, 0.29) is 11.6 Å². The topological polar surface area (TPSA) is 38.0 Å². The van der Waals surface area contributed by atoms with Crippen molar-refractivity contribution in [1.29, 1.82) is 0 Å². The van der Waals surface area contributed by atoms with Crippen LogP contribution in [0.1, 0.15) is 49.3 Å². The average Bonchev–Trinajstić information content (AvgIpc) is 3.23. The predicted octanol–water partition coefficient (Wildman–Crippen LogP) is 3.40. The molecule has 3 N–H and O–H groups in total. The lowest BCUT2D eigenvalue weighted by molar-refractivity contribution is 0.151. The Kier molecular flexibility index (Phi) is 5.28. The van der Waals surface area contributed by atoms with Gasteiger partial charge >= 0.3 is 0 Å². The first-order chi connectivity index (χ1) is 9.20. The summed E-state index contributed by atoms with van der Waals surface area (Å²) in [5, 5.41) is 3.41. The van der Waals surface area contributed by atoms with Gasteiger partial charge in [-0.15, -0.1) is 0 Å². The van der Waals surface area contributed by atoms with Crippen LogP contribution in [0.3, 0.4) is 0 Å². The third-order valence-electron chi connectivity index (χ3n) is 3.70. The number of nitrogens with one attached hydrogen (secondary N) is 1. The number of alkyl halides is 2. The minimum Gasteiger partial charge on any atom is -0.329 e. The summed E-state index contributed by atoms with van der Waals surface area (Å²) in [7, 11) is 0. The zero-order chi connectivity index (χ0) is 13.7. The van der Waals surface area contributed by atoms with Gasteiger partial charge in [0.2, 0.25) is 0 Å². The van der Waals surface area contributed by atoms with Crippen molar-refractivity contribution in [3.05, 3.63) is 35.4 Å². The summed E-state index contributed by atoms with van der Waals surface area (Å²) in [6.45, 7) is 1.42. The van der Waals surface area contributed by atoms with Crippen LogP contribution in [-0.2, 0) is 0 Å². The maximum Gasteiger partial charge on any atom is 0.263 e. The molecule has 0 aliphatic heterocycles. The molecule has 1 aliphatic carbocycles. The van der Waals surface area contributed by atoms with E-state index < -0.39 is 6.43 Å². The summed E-state index contributed by atoms with van der Waals surface area (Å²) in [5.74, 6) is 0.948. The standard InChI is InChI=1S/C15H22F2N2/c16-15(17)13-7-5-12(6-8-13)14(10-18)19-9-1-2-11-3-4-11/h5-8,11,14-15,19H,1-4,9-10,18H2. The van der Waals surface area contributed by atoms with Crippen molar-refractivity contribution >= 4 is 0 Å². The Morgan fingerprint density at radius 1 is 1.16 bits per heavy atom. The molecule has 1 fully saturated rings. The van der Waals surface area contributed by atoms with Crippen LogP contribution in [0, 0.1) is 5.92 Å². The number of halogens is 2. The fourth-order valence-electron chi connectivity index (χ4n) is 2.28. The van der Waals surface area contributed by atoms with Gasteiger partial charge in [0.05, 0.1) is 0 Å². The van der Waals surface area contributed by atoms with Crippen molar-refractivity contribution in [2.45, 2.75) is 38.2 Å². The second-order valence-electron chi connectivity index (χ2n) is 5.30. The number of hydrogen-bond donors (Lipinski definition) is 2. The van der Waals surface area contributed by atoms with E-state index in [4.69, 9.17) is 5.73 Å². The van der Waals surface area contributed by atoms with E-state index in [1.165, 1.54) is 31.4 Å². The van der Waals surface area contributed by atoms with Crippen LogP contribution in [0.25, 0.3) is 0 Å². The Labute approximate surface area is 113 Å². The van der Waals surface area contributed by atoms with E-state index in [0.717, 1.165) is 24.4 Å². The van der Waals surface area contributed by atoms with E-state index in [1.807, 2.05) is 0 Å². The Bertz CT molecular complexity index is 374. The minimum absolute atomic E-state index is 0.0610. The van der Waals surface area contributed by atoms with Gasteiger partial charge in [-0.3, -0.25) is 0 Å². The first-order valence-corrected chi connectivity index (χ1v) is 7.02. The van der Waals surface area contributed by atoms with Crippen molar-refractivity contribution < 1.29 is 8.78 Å². The molecule has 4 heteroatoms. The number of benzene rings is 1. The second-order valence-corrected chi connectivity index (χ2v) is 5.30. The first kappa shape index (κ1) is 14.4. The molecule has 0 amide bonds. The van der Waals surface area contributed by atoms with Gasteiger partial charge in [0, 0.05) is 18.2 Å². The normalized spacial score (nSPS) is 16.8. The first-order valence-electron chi connectivity index (χ1n) is 7.02. The highest BCUT2D eigenvalue weighted by Gasteiger charge is 2.20. The van der Waals surface area contributed by atoms with Crippen molar-refractivity contribution in [2.75, 3.05) is 13.1 Å². The third-order valence-corrected chi connectivity index (χ3v) is 3.70. The molecule has 0 heterocycles. The monoisotopic (exact) mass is 268 g/mol. The number of rotatable bonds is 8. The van der Waals surface area contributed by atoms with Gasteiger partial charge in [-0.05, 0) is 30.9 Å². The molecule has 2 rings (SSSR count). The molecule has 0 bridgehead atoms. The molecule has 1 saturated carbocycles. The lowest BCUT2D eigenvalue weighted by Crippen LogP contribution is -2.29. The van der Waals surface area contributed by atoms with Crippen LogP contribution < -0.4 is 11.1 Å². The summed E-state index contributed by atoms with van der Waals surface area (Å²) >= 11 is 0. The molecule has 2 nitrogen and oxygen atoms in total. The summed E-state index contributed by atoms with van der Waals surface area (Å²) < 4.78 is 24.9. The zero-order valence-corrected chi connectivity index (χ0v) is 11.1. The Morgan fingerprint density at radius 3 is 2.32 bits per heavy atom. The summed E-state index contributed by atoms with van der Waals surface area (Å²) in [6, 6.07) is 6.51. The summed E-state index contributed by atoms with van der Waals surface area (Å²) in [6.07, 6.45) is 2.81. The lowest BCUT2D eigenvalue weighted by Gasteiger charge is -2.17. The highest BCUT2D eigenvalue weighted by molar-refractivity contribution is 5.26. The molecule has 0 radical (unpaired) electrons. The molecule has 19 heavy (non-hydrogen) atoms. The highest BCUT2D eigenvalue weighted by atomic mass is 19.3. The van der Waals surface area contributed by atoms with Crippen LogP contribution >= 0.6 is 0 Å². The molecule has 1 atom stereocenters. The van der Waals surface area contributed by atoms with E-state index in [1.54, 1.807) is 12.1 Å². The van der Waals surface area contributed by atoms with E-state index in [9.17, 15) is 8.78 Å². The molecule has 1 unspecified atom stereocenters. The van der Waals surface area contributed by atoms with Gasteiger partial charge < -0.3 is 11.1 Å². The number of hydrogen-bond acceptors (Lipinski definition) is 2. The van der Waals surface area contributed by atoms with Crippen LogP contribution in [0.2, 0.25) is 0 Å². The largest absolute Gasteiger partial charge is 0.329 e. The zero-order valence-electron chi connectivity index (χ0n) is 11.1. The van der Waals surface area contributed by atoms with Crippen LogP contribution in [0.15, 0.2) is 24.3 Å². The molecule has 0 saturated heterocycles. The van der Waals surface area contributed by atoms with Crippen LogP contribution in [0.5, 0.6) is 0 Å². The van der Waals surface area contributed by atoms with Gasteiger partial charge in [0.1, 0.15) is 0 Å². The predicted molar refractivity (Wildman–Crippen MR) is 73.2 cm³/mol. The fourth-order valence-corrected chi connectivity index (χ4v) is 2.28. The maximum absolute atomic E-state index is 12.5. The fraction of sp³-hybridized carbons (Fsp3) is 0.600. The molecule has 1 aliphatic rings. The summed E-state index contributed by atoms with van der Waals surface area (Å²) in [5.41, 5.74) is 6.79. The van der Waals surface area contributed by atoms with Gasteiger partial charge in [-0.2, -0.15) is 0 Å². The van der Waals surface area contributed by atoms with Crippen molar-refractivity contribution in [1.82, 2.24) is 5.32 Å². The lowest BCUT2D eigenvalue weighted by atomic mass is 10.0. The Hall–Kier alpha value is -1.00. The minimum atomic E-state index is -2.41. The molecule has 1 aromatic carbocycles. The van der Waals surface area contributed by atoms with Crippen molar-refractivity contribution in [3.8, 4) is 0 Å². The molecule has 0 spiro atoms. The van der Waals surface area contributed by atoms with E-state index in [2.05, 4.69) is 5.32 Å².